The van der Waals surface area contributed by atoms with Gasteiger partial charge in [0.15, 0.2) is 5.13 Å². The molecule has 3 rings (SSSR count). The van der Waals surface area contributed by atoms with Gasteiger partial charge < -0.3 is 26.8 Å². The first-order valence-corrected chi connectivity index (χ1v) is 9.90. The van der Waals surface area contributed by atoms with Crippen LogP contribution < -0.4 is 11.5 Å². The third-order valence-corrected chi connectivity index (χ3v) is 4.95. The molecular formula is C21H25N3O6S. The number of hydrogen-bond acceptors (Lipinski definition) is 7. The molecule has 0 fully saturated rings. The smallest absolute Gasteiger partial charge is 0.310 e. The first kappa shape index (κ1) is 25.4. The number of carboxylic acids is 3. The zero-order valence-electron chi connectivity index (χ0n) is 17.3. The van der Waals surface area contributed by atoms with Crippen LogP contribution in [-0.4, -0.2) is 38.2 Å². The number of benzene rings is 2. The maximum atomic E-state index is 10.8. The summed E-state index contributed by atoms with van der Waals surface area (Å²) in [6.45, 7) is 4.39. The number of carboxylic acid groups (broad SMARTS) is 3. The van der Waals surface area contributed by atoms with E-state index >= 15 is 0 Å². The van der Waals surface area contributed by atoms with Crippen LogP contribution in [-0.2, 0) is 14.4 Å². The van der Waals surface area contributed by atoms with Crippen LogP contribution in [0, 0.1) is 0 Å². The van der Waals surface area contributed by atoms with Crippen molar-refractivity contribution in [3.05, 3.63) is 53.6 Å². The summed E-state index contributed by atoms with van der Waals surface area (Å²) in [5.41, 5.74) is 14.0. The molecule has 0 radical (unpaired) electrons. The van der Waals surface area contributed by atoms with Crippen molar-refractivity contribution in [3.63, 3.8) is 0 Å². The van der Waals surface area contributed by atoms with Crippen molar-refractivity contribution in [1.82, 2.24) is 4.98 Å². The quantitative estimate of drug-likeness (QED) is 0.374. The number of nitrogens with zero attached hydrogens (tertiary/aromatic N) is 1. The summed E-state index contributed by atoms with van der Waals surface area (Å²) in [4.78, 5) is 34.5. The molecule has 0 aliphatic rings. The van der Waals surface area contributed by atoms with Crippen LogP contribution in [0.25, 0.3) is 10.2 Å². The molecule has 2 unspecified atom stereocenters. The lowest BCUT2D eigenvalue weighted by atomic mass is 10.0. The van der Waals surface area contributed by atoms with E-state index in [4.69, 9.17) is 31.6 Å². The Balaban J connectivity index is 0.000000270. The molecule has 0 aliphatic heterocycles. The Hall–Kier alpha value is -3.66. The summed E-state index contributed by atoms with van der Waals surface area (Å²) >= 11 is 1.37. The highest BCUT2D eigenvalue weighted by atomic mass is 32.1. The van der Waals surface area contributed by atoms with Crippen molar-refractivity contribution in [2.45, 2.75) is 32.6 Å². The first-order chi connectivity index (χ1) is 14.4. The van der Waals surface area contributed by atoms with E-state index < -0.39 is 29.7 Å². The maximum absolute atomic E-state index is 10.8. The number of carbonyl (C=O) groups is 3. The average molecular weight is 448 g/mol. The zero-order valence-corrected chi connectivity index (χ0v) is 18.1. The highest BCUT2D eigenvalue weighted by molar-refractivity contribution is 7.22. The first-order valence-electron chi connectivity index (χ1n) is 9.08. The van der Waals surface area contributed by atoms with Crippen LogP contribution >= 0.6 is 11.3 Å². The number of hydrogen-bond donors (Lipinski definition) is 5. The minimum absolute atomic E-state index is 0.467. The van der Waals surface area contributed by atoms with Gasteiger partial charge in [0.05, 0.1) is 22.1 Å². The fourth-order valence-electron chi connectivity index (χ4n) is 2.30. The van der Waals surface area contributed by atoms with Crippen LogP contribution in [0.3, 0.4) is 0 Å². The van der Waals surface area contributed by atoms with Crippen LogP contribution in [0.15, 0.2) is 42.5 Å². The van der Waals surface area contributed by atoms with Gasteiger partial charge in [-0.25, -0.2) is 4.98 Å². The lowest BCUT2D eigenvalue weighted by Crippen LogP contribution is -2.07. The Labute approximate surface area is 183 Å². The molecule has 1 heterocycles. The fraction of sp³-hybridized carbons (Fsp3) is 0.238. The van der Waals surface area contributed by atoms with Crippen LogP contribution in [0.2, 0.25) is 0 Å². The van der Waals surface area contributed by atoms with Gasteiger partial charge in [-0.05, 0) is 49.2 Å². The van der Waals surface area contributed by atoms with E-state index in [1.807, 2.05) is 6.07 Å². The second-order valence-electron chi connectivity index (χ2n) is 6.58. The SMILES string of the molecule is CC(=O)O.CC(C(=O)O)c1ccc(N)cc1.CC(C(=O)O)c1ccc2nc(N)sc2c1. The van der Waals surface area contributed by atoms with E-state index in [9.17, 15) is 9.59 Å². The summed E-state index contributed by atoms with van der Waals surface area (Å²) in [5, 5.41) is 25.5. The number of thiazole rings is 1. The maximum Gasteiger partial charge on any atom is 0.310 e. The van der Waals surface area contributed by atoms with E-state index in [0.717, 1.165) is 28.3 Å². The molecule has 0 bridgehead atoms. The summed E-state index contributed by atoms with van der Waals surface area (Å²) in [6, 6.07) is 12.3. The molecule has 0 saturated carbocycles. The van der Waals surface area contributed by atoms with E-state index in [1.54, 1.807) is 50.2 Å². The van der Waals surface area contributed by atoms with Gasteiger partial charge in [0.25, 0.3) is 5.97 Å². The van der Waals surface area contributed by atoms with Gasteiger partial charge in [-0.15, -0.1) is 0 Å². The Bertz CT molecular complexity index is 1040. The van der Waals surface area contributed by atoms with Crippen molar-refractivity contribution in [1.29, 1.82) is 0 Å². The third-order valence-electron chi connectivity index (χ3n) is 4.11. The minimum Gasteiger partial charge on any atom is -0.481 e. The lowest BCUT2D eigenvalue weighted by molar-refractivity contribution is -0.139. The lowest BCUT2D eigenvalue weighted by Gasteiger charge is -2.05. The fourth-order valence-corrected chi connectivity index (χ4v) is 3.08. The molecule has 7 N–H and O–H groups in total. The van der Waals surface area contributed by atoms with Crippen LogP contribution in [0.5, 0.6) is 0 Å². The molecule has 0 spiro atoms. The van der Waals surface area contributed by atoms with Gasteiger partial charge in [-0.3, -0.25) is 14.4 Å². The van der Waals surface area contributed by atoms with Crippen molar-refractivity contribution < 1.29 is 29.7 Å². The topological polar surface area (TPSA) is 177 Å². The number of aliphatic carboxylic acids is 3. The Morgan fingerprint density at radius 2 is 1.32 bits per heavy atom. The number of aromatic nitrogens is 1. The molecule has 2 atom stereocenters. The molecule has 166 valence electrons. The number of anilines is 2. The molecule has 0 aliphatic carbocycles. The van der Waals surface area contributed by atoms with Gasteiger partial charge in [0.2, 0.25) is 0 Å². The van der Waals surface area contributed by atoms with Crippen molar-refractivity contribution in [2.24, 2.45) is 0 Å². The molecule has 0 saturated heterocycles. The number of nitrogen functional groups attached to an aromatic ring is 2. The molecule has 1 aromatic heterocycles. The van der Waals surface area contributed by atoms with E-state index in [2.05, 4.69) is 4.98 Å². The summed E-state index contributed by atoms with van der Waals surface area (Å²) in [6.07, 6.45) is 0. The summed E-state index contributed by atoms with van der Waals surface area (Å²) in [7, 11) is 0. The van der Waals surface area contributed by atoms with Gasteiger partial charge in [0.1, 0.15) is 0 Å². The van der Waals surface area contributed by atoms with Crippen molar-refractivity contribution >= 4 is 50.3 Å². The van der Waals surface area contributed by atoms with Gasteiger partial charge >= 0.3 is 11.9 Å². The van der Waals surface area contributed by atoms with Gasteiger partial charge in [0, 0.05) is 12.6 Å². The largest absolute Gasteiger partial charge is 0.481 e. The Kier molecular flexibility index (Phi) is 9.42. The molecular weight excluding hydrogens is 422 g/mol. The van der Waals surface area contributed by atoms with Gasteiger partial charge in [-0.2, -0.15) is 0 Å². The summed E-state index contributed by atoms with van der Waals surface area (Å²) < 4.78 is 0.929. The second-order valence-corrected chi connectivity index (χ2v) is 7.65. The van der Waals surface area contributed by atoms with Crippen LogP contribution in [0.4, 0.5) is 10.8 Å². The highest BCUT2D eigenvalue weighted by Gasteiger charge is 2.14. The number of fused-ring (bicyclic) bond motifs is 1. The minimum atomic E-state index is -0.833. The monoisotopic (exact) mass is 447 g/mol. The summed E-state index contributed by atoms with van der Waals surface area (Å²) in [5.74, 6) is -3.45. The second kappa shape index (κ2) is 11.5. The van der Waals surface area contributed by atoms with Crippen LogP contribution in [0.1, 0.15) is 43.7 Å². The highest BCUT2D eigenvalue weighted by Crippen LogP contribution is 2.27. The number of nitrogens with two attached hydrogens (primary N) is 2. The van der Waals surface area contributed by atoms with Crippen molar-refractivity contribution in [2.75, 3.05) is 11.5 Å². The molecule has 10 heteroatoms. The third kappa shape index (κ3) is 8.31. The van der Waals surface area contributed by atoms with E-state index in [0.29, 0.717) is 10.8 Å². The molecule has 2 aromatic carbocycles. The molecule has 9 nitrogen and oxygen atoms in total. The predicted octanol–water partition coefficient (Wildman–Crippen LogP) is 3.61. The standard InChI is InChI=1S/C10H10N2O2S.C9H11NO2.C2H4O2/c1-5(9(13)14)6-2-3-7-8(4-6)15-10(11)12-7;1-6(9(11)12)7-2-4-8(10)5-3-7;1-2(3)4/h2-5H,1H3,(H2,11,12)(H,13,14);2-6H,10H2,1H3,(H,11,12);1H3,(H,3,4). The Morgan fingerprint density at radius 1 is 0.871 bits per heavy atom. The predicted molar refractivity (Wildman–Crippen MR) is 120 cm³/mol. The van der Waals surface area contributed by atoms with E-state index in [1.165, 1.54) is 11.3 Å². The van der Waals surface area contributed by atoms with Gasteiger partial charge in [-0.1, -0.05) is 29.5 Å². The van der Waals surface area contributed by atoms with Crippen molar-refractivity contribution in [3.8, 4) is 0 Å². The molecule has 0 amide bonds. The average Bonchev–Trinajstić information content (AvgIpc) is 3.06. The Morgan fingerprint density at radius 3 is 1.81 bits per heavy atom. The molecule has 3 aromatic rings. The number of rotatable bonds is 4. The normalized spacial score (nSPS) is 11.8. The molecule has 31 heavy (non-hydrogen) atoms. The zero-order chi connectivity index (χ0) is 23.7. The van der Waals surface area contributed by atoms with E-state index in [-0.39, 0.29) is 0 Å².